The van der Waals surface area contributed by atoms with Crippen molar-refractivity contribution in [2.75, 3.05) is 19.7 Å². The zero-order chi connectivity index (χ0) is 15.5. The number of nitrogens with one attached hydrogen (secondary N) is 1. The third kappa shape index (κ3) is 4.30. The molecule has 0 saturated carbocycles. The second-order valence-corrected chi connectivity index (χ2v) is 6.08. The predicted molar refractivity (Wildman–Crippen MR) is 77.6 cm³/mol. The summed E-state index contributed by atoms with van der Waals surface area (Å²) in [6, 6.07) is 3.34. The first-order valence-corrected chi connectivity index (χ1v) is 7.24. The van der Waals surface area contributed by atoms with Crippen molar-refractivity contribution in [3.8, 4) is 0 Å². The lowest BCUT2D eigenvalue weighted by atomic mass is 10.0. The SMILES string of the molecule is CC(C(=O)NCc1ccco1)N1CC(CO)OC(C)(C)C1. The Labute approximate surface area is 125 Å². The van der Waals surface area contributed by atoms with Gasteiger partial charge in [-0.15, -0.1) is 0 Å². The molecule has 0 radical (unpaired) electrons. The third-order valence-corrected chi connectivity index (χ3v) is 3.66. The van der Waals surface area contributed by atoms with Crippen LogP contribution < -0.4 is 5.32 Å². The van der Waals surface area contributed by atoms with Crippen LogP contribution in [-0.4, -0.2) is 53.4 Å². The molecule has 6 heteroatoms. The van der Waals surface area contributed by atoms with E-state index in [1.807, 2.05) is 31.7 Å². The summed E-state index contributed by atoms with van der Waals surface area (Å²) in [5.74, 6) is 0.673. The molecule has 1 aromatic heterocycles. The summed E-state index contributed by atoms with van der Waals surface area (Å²) in [6.45, 7) is 7.35. The van der Waals surface area contributed by atoms with E-state index in [0.717, 1.165) is 5.76 Å². The van der Waals surface area contributed by atoms with Crippen molar-refractivity contribution in [2.45, 2.75) is 45.1 Å². The van der Waals surface area contributed by atoms with E-state index in [1.54, 1.807) is 12.3 Å². The van der Waals surface area contributed by atoms with Crippen LogP contribution >= 0.6 is 0 Å². The van der Waals surface area contributed by atoms with Gasteiger partial charge in [0, 0.05) is 13.1 Å². The molecular weight excluding hydrogens is 272 g/mol. The average molecular weight is 296 g/mol. The molecule has 2 unspecified atom stereocenters. The van der Waals surface area contributed by atoms with E-state index in [2.05, 4.69) is 5.32 Å². The minimum absolute atomic E-state index is 0.0410. The Morgan fingerprint density at radius 3 is 3.00 bits per heavy atom. The first-order valence-electron chi connectivity index (χ1n) is 7.24. The van der Waals surface area contributed by atoms with Gasteiger partial charge in [-0.25, -0.2) is 0 Å². The van der Waals surface area contributed by atoms with Crippen molar-refractivity contribution < 1.29 is 19.1 Å². The number of nitrogens with zero attached hydrogens (tertiary/aromatic N) is 1. The molecule has 1 aromatic rings. The van der Waals surface area contributed by atoms with Crippen LogP contribution in [0.15, 0.2) is 22.8 Å². The lowest BCUT2D eigenvalue weighted by molar-refractivity contribution is -0.161. The number of morpholine rings is 1. The Balaban J connectivity index is 1.91. The molecule has 1 amide bonds. The number of aliphatic hydroxyl groups excluding tert-OH is 1. The Kier molecular flexibility index (Phi) is 5.03. The highest BCUT2D eigenvalue weighted by Gasteiger charge is 2.36. The summed E-state index contributed by atoms with van der Waals surface area (Å²) in [4.78, 5) is 14.3. The smallest absolute Gasteiger partial charge is 0.237 e. The van der Waals surface area contributed by atoms with Crippen molar-refractivity contribution in [1.82, 2.24) is 10.2 Å². The van der Waals surface area contributed by atoms with Crippen molar-refractivity contribution in [3.63, 3.8) is 0 Å². The van der Waals surface area contributed by atoms with E-state index in [1.165, 1.54) is 0 Å². The number of hydrogen-bond acceptors (Lipinski definition) is 5. The highest BCUT2D eigenvalue weighted by atomic mass is 16.5. The minimum Gasteiger partial charge on any atom is -0.467 e. The number of ether oxygens (including phenoxy) is 1. The van der Waals surface area contributed by atoms with Gasteiger partial charge in [-0.3, -0.25) is 9.69 Å². The Morgan fingerprint density at radius 2 is 2.38 bits per heavy atom. The molecule has 21 heavy (non-hydrogen) atoms. The fourth-order valence-corrected chi connectivity index (χ4v) is 2.63. The van der Waals surface area contributed by atoms with E-state index in [9.17, 15) is 9.90 Å². The van der Waals surface area contributed by atoms with E-state index in [0.29, 0.717) is 19.6 Å². The number of amides is 1. The number of furan rings is 1. The topological polar surface area (TPSA) is 74.9 Å². The zero-order valence-corrected chi connectivity index (χ0v) is 12.8. The van der Waals surface area contributed by atoms with Gasteiger partial charge >= 0.3 is 0 Å². The summed E-state index contributed by atoms with van der Waals surface area (Å²) >= 11 is 0. The first-order chi connectivity index (χ1) is 9.91. The second kappa shape index (κ2) is 6.60. The maximum atomic E-state index is 12.2. The van der Waals surface area contributed by atoms with Gasteiger partial charge in [-0.2, -0.15) is 0 Å². The molecule has 0 aromatic carbocycles. The van der Waals surface area contributed by atoms with E-state index >= 15 is 0 Å². The molecule has 0 bridgehead atoms. The highest BCUT2D eigenvalue weighted by Crippen LogP contribution is 2.22. The molecule has 6 nitrogen and oxygen atoms in total. The second-order valence-electron chi connectivity index (χ2n) is 6.08. The molecule has 1 fully saturated rings. The Morgan fingerprint density at radius 1 is 1.62 bits per heavy atom. The summed E-state index contributed by atoms with van der Waals surface area (Å²) in [5, 5.41) is 12.2. The summed E-state index contributed by atoms with van der Waals surface area (Å²) < 4.78 is 11.0. The summed E-state index contributed by atoms with van der Waals surface area (Å²) in [6.07, 6.45) is 1.33. The molecule has 0 aliphatic carbocycles. The van der Waals surface area contributed by atoms with E-state index in [4.69, 9.17) is 9.15 Å². The fraction of sp³-hybridized carbons (Fsp3) is 0.667. The Bertz CT molecular complexity index is 458. The summed E-state index contributed by atoms with van der Waals surface area (Å²) in [5.41, 5.74) is -0.374. The fourth-order valence-electron chi connectivity index (χ4n) is 2.63. The van der Waals surface area contributed by atoms with Gasteiger partial charge in [0.05, 0.1) is 37.2 Å². The number of aliphatic hydroxyl groups is 1. The van der Waals surface area contributed by atoms with Crippen LogP contribution in [0.3, 0.4) is 0 Å². The first kappa shape index (κ1) is 16.0. The predicted octanol–water partition coefficient (Wildman–Crippen LogP) is 0.756. The standard InChI is InChI=1S/C15H24N2O4/c1-11(14(19)16-7-12-5-4-6-20-12)17-8-13(9-18)21-15(2,3)10-17/h4-6,11,13,18H,7-10H2,1-3H3,(H,16,19). The molecule has 1 aliphatic heterocycles. The van der Waals surface area contributed by atoms with Crippen molar-refractivity contribution >= 4 is 5.91 Å². The monoisotopic (exact) mass is 296 g/mol. The van der Waals surface area contributed by atoms with Crippen molar-refractivity contribution in [2.24, 2.45) is 0 Å². The van der Waals surface area contributed by atoms with Crippen LogP contribution in [0, 0.1) is 0 Å². The average Bonchev–Trinajstić information content (AvgIpc) is 2.95. The molecule has 2 rings (SSSR count). The molecule has 2 atom stereocenters. The van der Waals surface area contributed by atoms with Gasteiger partial charge in [-0.1, -0.05) is 0 Å². The van der Waals surface area contributed by atoms with Crippen LogP contribution in [0.4, 0.5) is 0 Å². The van der Waals surface area contributed by atoms with Crippen LogP contribution in [0.2, 0.25) is 0 Å². The van der Waals surface area contributed by atoms with Gasteiger partial charge in [-0.05, 0) is 32.9 Å². The highest BCUT2D eigenvalue weighted by molar-refractivity contribution is 5.81. The molecular formula is C15H24N2O4. The van der Waals surface area contributed by atoms with Gasteiger partial charge in [0.1, 0.15) is 5.76 Å². The van der Waals surface area contributed by atoms with Crippen LogP contribution in [0.5, 0.6) is 0 Å². The Hall–Kier alpha value is -1.37. The van der Waals surface area contributed by atoms with Crippen LogP contribution in [-0.2, 0) is 16.1 Å². The molecule has 0 spiro atoms. The molecule has 2 N–H and O–H groups in total. The van der Waals surface area contributed by atoms with Gasteiger partial charge < -0.3 is 19.6 Å². The number of hydrogen-bond donors (Lipinski definition) is 2. The maximum Gasteiger partial charge on any atom is 0.237 e. The van der Waals surface area contributed by atoms with E-state index < -0.39 is 0 Å². The van der Waals surface area contributed by atoms with Crippen molar-refractivity contribution in [3.05, 3.63) is 24.2 Å². The van der Waals surface area contributed by atoms with Gasteiger partial charge in [0.2, 0.25) is 5.91 Å². The molecule has 118 valence electrons. The normalized spacial score (nSPS) is 23.7. The minimum atomic E-state index is -0.374. The molecule has 1 saturated heterocycles. The number of carbonyl (C=O) groups excluding carboxylic acids is 1. The lowest BCUT2D eigenvalue weighted by Gasteiger charge is -2.44. The number of carbonyl (C=O) groups is 1. The van der Waals surface area contributed by atoms with Gasteiger partial charge in [0.15, 0.2) is 0 Å². The van der Waals surface area contributed by atoms with Crippen LogP contribution in [0.1, 0.15) is 26.5 Å². The lowest BCUT2D eigenvalue weighted by Crippen LogP contribution is -2.59. The molecule has 2 heterocycles. The number of rotatable bonds is 5. The van der Waals surface area contributed by atoms with E-state index in [-0.39, 0.29) is 30.3 Å². The maximum absolute atomic E-state index is 12.2. The molecule has 1 aliphatic rings. The summed E-state index contributed by atoms with van der Waals surface area (Å²) in [7, 11) is 0. The largest absolute Gasteiger partial charge is 0.467 e. The zero-order valence-electron chi connectivity index (χ0n) is 12.8. The quantitative estimate of drug-likeness (QED) is 0.839. The van der Waals surface area contributed by atoms with Gasteiger partial charge in [0.25, 0.3) is 0 Å². The van der Waals surface area contributed by atoms with Crippen LogP contribution in [0.25, 0.3) is 0 Å². The van der Waals surface area contributed by atoms with Crippen molar-refractivity contribution in [1.29, 1.82) is 0 Å². The third-order valence-electron chi connectivity index (χ3n) is 3.66.